The molecular formula is C14H25NO4. The zero-order chi connectivity index (χ0) is 14.8. The van der Waals surface area contributed by atoms with Gasteiger partial charge in [-0.3, -0.25) is 4.79 Å². The van der Waals surface area contributed by atoms with Crippen molar-refractivity contribution in [2.24, 2.45) is 11.8 Å². The lowest BCUT2D eigenvalue weighted by Crippen LogP contribution is -2.48. The molecule has 5 heteroatoms. The van der Waals surface area contributed by atoms with Gasteiger partial charge < -0.3 is 14.7 Å². The molecule has 1 N–H and O–H groups in total. The van der Waals surface area contributed by atoms with Crippen molar-refractivity contribution in [3.05, 3.63) is 0 Å². The summed E-state index contributed by atoms with van der Waals surface area (Å²) in [5, 5.41) is 9.04. The van der Waals surface area contributed by atoms with Crippen molar-refractivity contribution < 1.29 is 19.4 Å². The number of piperidine rings is 1. The molecule has 0 aromatic rings. The van der Waals surface area contributed by atoms with Crippen molar-refractivity contribution >= 4 is 12.1 Å². The van der Waals surface area contributed by atoms with Crippen LogP contribution in [0, 0.1) is 11.8 Å². The number of nitrogens with zero attached hydrogens (tertiary/aromatic N) is 1. The maximum Gasteiger partial charge on any atom is 0.410 e. The van der Waals surface area contributed by atoms with Crippen molar-refractivity contribution in [1.82, 2.24) is 4.90 Å². The normalized spacial score (nSPS) is 25.8. The fourth-order valence-corrected chi connectivity index (χ4v) is 2.46. The van der Waals surface area contributed by atoms with Gasteiger partial charge in [0, 0.05) is 12.6 Å². The Bertz CT molecular complexity index is 348. The highest BCUT2D eigenvalue weighted by Crippen LogP contribution is 2.29. The molecular weight excluding hydrogens is 246 g/mol. The Balaban J connectivity index is 2.60. The molecule has 0 aromatic heterocycles. The van der Waals surface area contributed by atoms with E-state index in [0.717, 1.165) is 6.42 Å². The molecule has 1 aliphatic rings. The van der Waals surface area contributed by atoms with Crippen LogP contribution in [-0.2, 0) is 9.53 Å². The number of hydrogen-bond acceptors (Lipinski definition) is 3. The van der Waals surface area contributed by atoms with Gasteiger partial charge >= 0.3 is 12.1 Å². The summed E-state index contributed by atoms with van der Waals surface area (Å²) in [7, 11) is 0. The number of aliphatic carboxylic acids is 1. The molecule has 0 spiro atoms. The average Bonchev–Trinajstić information content (AvgIpc) is 2.25. The number of carbonyl (C=O) groups is 2. The van der Waals surface area contributed by atoms with Gasteiger partial charge in [0.2, 0.25) is 0 Å². The first-order valence-corrected chi connectivity index (χ1v) is 6.84. The first kappa shape index (κ1) is 15.8. The molecule has 5 nitrogen and oxygen atoms in total. The van der Waals surface area contributed by atoms with Gasteiger partial charge in [-0.2, -0.15) is 0 Å². The number of carboxylic acids is 1. The van der Waals surface area contributed by atoms with E-state index < -0.39 is 11.6 Å². The van der Waals surface area contributed by atoms with Crippen molar-refractivity contribution in [3.8, 4) is 0 Å². The maximum atomic E-state index is 12.0. The molecule has 0 saturated carbocycles. The number of carbonyl (C=O) groups excluding carboxylic acids is 1. The number of carboxylic acid groups (broad SMARTS) is 1. The Morgan fingerprint density at radius 3 is 2.37 bits per heavy atom. The standard InChI is InChI=1S/C14H25NO4/c1-9-8-11(10(2)12(16)17)6-7-15(9)13(18)19-14(3,4)5/h9-11H,6-8H2,1-5H3,(H,16,17)/t9-,10+,11-/m1/s1. The fraction of sp³-hybridized carbons (Fsp3) is 0.857. The van der Waals surface area contributed by atoms with Crippen LogP contribution in [0.3, 0.4) is 0 Å². The molecule has 110 valence electrons. The maximum absolute atomic E-state index is 12.0. The number of amides is 1. The zero-order valence-electron chi connectivity index (χ0n) is 12.5. The second-order valence-corrected chi connectivity index (χ2v) is 6.43. The summed E-state index contributed by atoms with van der Waals surface area (Å²) in [5.74, 6) is -0.989. The van der Waals surface area contributed by atoms with Crippen LogP contribution in [0.25, 0.3) is 0 Å². The van der Waals surface area contributed by atoms with Crippen LogP contribution < -0.4 is 0 Å². The van der Waals surface area contributed by atoms with Gasteiger partial charge in [0.15, 0.2) is 0 Å². The summed E-state index contributed by atoms with van der Waals surface area (Å²) in [5.41, 5.74) is -0.498. The van der Waals surface area contributed by atoms with Gasteiger partial charge in [-0.15, -0.1) is 0 Å². The third kappa shape index (κ3) is 4.40. The van der Waals surface area contributed by atoms with E-state index in [4.69, 9.17) is 9.84 Å². The summed E-state index contributed by atoms with van der Waals surface area (Å²) in [6.45, 7) is 9.78. The molecule has 3 atom stereocenters. The van der Waals surface area contributed by atoms with E-state index in [-0.39, 0.29) is 24.0 Å². The quantitative estimate of drug-likeness (QED) is 0.838. The molecule has 1 heterocycles. The molecule has 0 radical (unpaired) electrons. The minimum absolute atomic E-state index is 0.0235. The number of ether oxygens (including phenoxy) is 1. The largest absolute Gasteiger partial charge is 0.481 e. The lowest BCUT2D eigenvalue weighted by atomic mass is 9.82. The van der Waals surface area contributed by atoms with E-state index in [1.54, 1.807) is 11.8 Å². The summed E-state index contributed by atoms with van der Waals surface area (Å²) < 4.78 is 5.36. The van der Waals surface area contributed by atoms with Crippen LogP contribution in [0.2, 0.25) is 0 Å². The highest BCUT2D eigenvalue weighted by Gasteiger charge is 2.35. The number of likely N-dealkylation sites (tertiary alicyclic amines) is 1. The molecule has 1 rings (SSSR count). The summed E-state index contributed by atoms with van der Waals surface area (Å²) in [4.78, 5) is 24.7. The third-order valence-electron chi connectivity index (χ3n) is 3.64. The minimum atomic E-state index is -0.761. The smallest absolute Gasteiger partial charge is 0.410 e. The minimum Gasteiger partial charge on any atom is -0.481 e. The van der Waals surface area contributed by atoms with Gasteiger partial charge in [0.05, 0.1) is 5.92 Å². The van der Waals surface area contributed by atoms with Crippen molar-refractivity contribution in [2.45, 2.75) is 59.1 Å². The summed E-state index contributed by atoms with van der Waals surface area (Å²) in [6, 6.07) is 0.0235. The molecule has 1 amide bonds. The topological polar surface area (TPSA) is 66.8 Å². The Morgan fingerprint density at radius 2 is 1.95 bits per heavy atom. The molecule has 19 heavy (non-hydrogen) atoms. The van der Waals surface area contributed by atoms with Crippen LogP contribution in [0.1, 0.15) is 47.5 Å². The highest BCUT2D eigenvalue weighted by molar-refractivity contribution is 5.70. The van der Waals surface area contributed by atoms with Gasteiger partial charge in [-0.25, -0.2) is 4.79 Å². The van der Waals surface area contributed by atoms with Gasteiger partial charge in [0.25, 0.3) is 0 Å². The predicted octanol–water partition coefficient (Wildman–Crippen LogP) is 2.74. The van der Waals surface area contributed by atoms with Crippen LogP contribution in [0.15, 0.2) is 0 Å². The van der Waals surface area contributed by atoms with E-state index in [9.17, 15) is 9.59 Å². The summed E-state index contributed by atoms with van der Waals surface area (Å²) >= 11 is 0. The second kappa shape index (κ2) is 5.80. The fourth-order valence-electron chi connectivity index (χ4n) is 2.46. The van der Waals surface area contributed by atoms with Crippen molar-refractivity contribution in [3.63, 3.8) is 0 Å². The Labute approximate surface area is 114 Å². The lowest BCUT2D eigenvalue weighted by Gasteiger charge is -2.39. The average molecular weight is 271 g/mol. The molecule has 0 aromatic carbocycles. The second-order valence-electron chi connectivity index (χ2n) is 6.43. The lowest BCUT2D eigenvalue weighted by molar-refractivity contribution is -0.143. The van der Waals surface area contributed by atoms with Crippen LogP contribution >= 0.6 is 0 Å². The zero-order valence-corrected chi connectivity index (χ0v) is 12.5. The van der Waals surface area contributed by atoms with E-state index >= 15 is 0 Å². The Kier molecular flexibility index (Phi) is 4.82. The first-order valence-electron chi connectivity index (χ1n) is 6.84. The number of hydrogen-bond donors (Lipinski definition) is 1. The molecule has 1 fully saturated rings. The van der Waals surface area contributed by atoms with Gasteiger partial charge in [-0.05, 0) is 46.5 Å². The SMILES string of the molecule is C[C@H](C(=O)O)[C@@H]1CCN(C(=O)OC(C)(C)C)[C@H](C)C1. The number of rotatable bonds is 2. The van der Waals surface area contributed by atoms with Crippen LogP contribution in [0.5, 0.6) is 0 Å². The van der Waals surface area contributed by atoms with Gasteiger partial charge in [0.1, 0.15) is 5.60 Å². The molecule has 0 aliphatic carbocycles. The molecule has 1 aliphatic heterocycles. The van der Waals surface area contributed by atoms with E-state index in [1.807, 2.05) is 27.7 Å². The van der Waals surface area contributed by atoms with Crippen molar-refractivity contribution in [2.75, 3.05) is 6.54 Å². The van der Waals surface area contributed by atoms with Crippen LogP contribution in [-0.4, -0.2) is 40.3 Å². The first-order chi connectivity index (χ1) is 8.61. The van der Waals surface area contributed by atoms with E-state index in [0.29, 0.717) is 13.0 Å². The highest BCUT2D eigenvalue weighted by atomic mass is 16.6. The predicted molar refractivity (Wildman–Crippen MR) is 71.9 cm³/mol. The van der Waals surface area contributed by atoms with Crippen LogP contribution in [0.4, 0.5) is 4.79 Å². The molecule has 0 bridgehead atoms. The molecule has 0 unspecified atom stereocenters. The van der Waals surface area contributed by atoms with E-state index in [2.05, 4.69) is 0 Å². The summed E-state index contributed by atoms with van der Waals surface area (Å²) in [6.07, 6.45) is 1.13. The van der Waals surface area contributed by atoms with Crippen molar-refractivity contribution in [1.29, 1.82) is 0 Å². The monoisotopic (exact) mass is 271 g/mol. The molecule has 1 saturated heterocycles. The Morgan fingerprint density at radius 1 is 1.37 bits per heavy atom. The van der Waals surface area contributed by atoms with Gasteiger partial charge in [-0.1, -0.05) is 6.92 Å². The Hall–Kier alpha value is -1.26. The van der Waals surface area contributed by atoms with E-state index in [1.165, 1.54) is 0 Å². The third-order valence-corrected chi connectivity index (χ3v) is 3.64.